The van der Waals surface area contributed by atoms with Gasteiger partial charge in [0.25, 0.3) is 0 Å². The van der Waals surface area contributed by atoms with Gasteiger partial charge in [0.15, 0.2) is 6.10 Å². The monoisotopic (exact) mass is 1090 g/mol. The molecule has 0 aliphatic rings. The van der Waals surface area contributed by atoms with Crippen molar-refractivity contribution >= 4 is 17.9 Å². The van der Waals surface area contributed by atoms with Crippen LogP contribution in [0.4, 0.5) is 0 Å². The van der Waals surface area contributed by atoms with Gasteiger partial charge in [0.1, 0.15) is 13.2 Å². The van der Waals surface area contributed by atoms with E-state index >= 15 is 0 Å². The van der Waals surface area contributed by atoms with E-state index in [1.165, 1.54) is 218 Å². The number of carbonyl (C=O) groups excluding carboxylic acids is 3. The molecular formula is C72H130O6. The maximum Gasteiger partial charge on any atom is 0.306 e. The molecule has 0 fully saturated rings. The molecule has 0 aromatic rings. The third-order valence-corrected chi connectivity index (χ3v) is 15.3. The van der Waals surface area contributed by atoms with E-state index in [2.05, 4.69) is 81.5 Å². The lowest BCUT2D eigenvalue weighted by molar-refractivity contribution is -0.167. The highest BCUT2D eigenvalue weighted by molar-refractivity contribution is 5.71. The van der Waals surface area contributed by atoms with E-state index in [9.17, 15) is 14.4 Å². The Morgan fingerprint density at radius 2 is 0.500 bits per heavy atom. The molecule has 0 saturated carbocycles. The molecular weight excluding hydrogens is 961 g/mol. The molecule has 0 N–H and O–H groups in total. The van der Waals surface area contributed by atoms with Crippen molar-refractivity contribution in [3.63, 3.8) is 0 Å². The Morgan fingerprint density at radius 1 is 0.269 bits per heavy atom. The first-order valence-corrected chi connectivity index (χ1v) is 34.3. The predicted molar refractivity (Wildman–Crippen MR) is 339 cm³/mol. The molecule has 0 aromatic carbocycles. The van der Waals surface area contributed by atoms with Gasteiger partial charge in [-0.15, -0.1) is 0 Å². The number of allylic oxidation sites excluding steroid dienone is 10. The first-order valence-electron chi connectivity index (χ1n) is 34.3. The summed E-state index contributed by atoms with van der Waals surface area (Å²) >= 11 is 0. The molecule has 0 rings (SSSR count). The smallest absolute Gasteiger partial charge is 0.306 e. The fourth-order valence-corrected chi connectivity index (χ4v) is 10.1. The zero-order valence-corrected chi connectivity index (χ0v) is 52.2. The average Bonchev–Trinajstić information content (AvgIpc) is 3.44. The van der Waals surface area contributed by atoms with E-state index in [0.29, 0.717) is 19.3 Å². The van der Waals surface area contributed by atoms with Crippen molar-refractivity contribution < 1.29 is 28.6 Å². The topological polar surface area (TPSA) is 78.9 Å². The quantitative estimate of drug-likeness (QED) is 0.0261. The molecule has 78 heavy (non-hydrogen) atoms. The highest BCUT2D eigenvalue weighted by atomic mass is 16.6. The Morgan fingerprint density at radius 3 is 0.821 bits per heavy atom. The summed E-state index contributed by atoms with van der Waals surface area (Å²) in [5.74, 6) is -0.884. The van der Waals surface area contributed by atoms with Crippen LogP contribution in [0.1, 0.15) is 361 Å². The van der Waals surface area contributed by atoms with Crippen LogP contribution < -0.4 is 0 Å². The van der Waals surface area contributed by atoms with Crippen LogP contribution in [0.15, 0.2) is 60.8 Å². The van der Waals surface area contributed by atoms with Crippen LogP contribution in [0.3, 0.4) is 0 Å². The SMILES string of the molecule is CC/C=C\C/C=C\C/C=C\C/C=C\CCCCCCCCC(=O)OC(COC(=O)CCCCCCC/C=C\CCCCC)COC(=O)CCCCCCCCCCCCCCCCCCCCCCCCCCCCCCC. The summed E-state index contributed by atoms with van der Waals surface area (Å²) in [6, 6.07) is 0. The van der Waals surface area contributed by atoms with Gasteiger partial charge in [-0.2, -0.15) is 0 Å². The van der Waals surface area contributed by atoms with Crippen molar-refractivity contribution in [2.24, 2.45) is 0 Å². The van der Waals surface area contributed by atoms with Crippen molar-refractivity contribution in [2.45, 2.75) is 367 Å². The van der Waals surface area contributed by atoms with E-state index < -0.39 is 6.10 Å². The first kappa shape index (κ1) is 75.1. The molecule has 1 atom stereocenters. The van der Waals surface area contributed by atoms with Crippen LogP contribution in [0, 0.1) is 0 Å². The molecule has 0 bridgehead atoms. The number of rotatable bonds is 63. The van der Waals surface area contributed by atoms with Crippen molar-refractivity contribution in [1.29, 1.82) is 0 Å². The molecule has 0 spiro atoms. The van der Waals surface area contributed by atoms with Crippen LogP contribution in [-0.4, -0.2) is 37.2 Å². The van der Waals surface area contributed by atoms with Gasteiger partial charge in [-0.3, -0.25) is 14.4 Å². The predicted octanol–water partition coefficient (Wildman–Crippen LogP) is 23.5. The Labute approximate surface area is 485 Å². The largest absolute Gasteiger partial charge is 0.462 e. The number of unbranched alkanes of at least 4 members (excludes halogenated alkanes) is 42. The fourth-order valence-electron chi connectivity index (χ4n) is 10.1. The van der Waals surface area contributed by atoms with E-state index in [1.54, 1.807) is 0 Å². The molecule has 1 unspecified atom stereocenters. The lowest BCUT2D eigenvalue weighted by atomic mass is 10.0. The van der Waals surface area contributed by atoms with E-state index in [1.807, 2.05) is 0 Å². The van der Waals surface area contributed by atoms with Crippen molar-refractivity contribution in [3.05, 3.63) is 60.8 Å². The molecule has 6 heteroatoms. The molecule has 0 amide bonds. The molecule has 454 valence electrons. The van der Waals surface area contributed by atoms with Gasteiger partial charge in [0, 0.05) is 19.3 Å². The number of carbonyl (C=O) groups is 3. The second kappa shape index (κ2) is 66.6. The zero-order valence-electron chi connectivity index (χ0n) is 52.2. The maximum atomic E-state index is 12.9. The summed E-state index contributed by atoms with van der Waals surface area (Å²) in [4.78, 5) is 38.3. The molecule has 0 saturated heterocycles. The van der Waals surface area contributed by atoms with Crippen LogP contribution in [0.5, 0.6) is 0 Å². The van der Waals surface area contributed by atoms with Gasteiger partial charge >= 0.3 is 17.9 Å². The molecule has 0 radical (unpaired) electrons. The van der Waals surface area contributed by atoms with E-state index in [4.69, 9.17) is 14.2 Å². The summed E-state index contributed by atoms with van der Waals surface area (Å²) in [5, 5.41) is 0. The van der Waals surface area contributed by atoms with Crippen LogP contribution >= 0.6 is 0 Å². The summed E-state index contributed by atoms with van der Waals surface area (Å²) in [7, 11) is 0. The minimum Gasteiger partial charge on any atom is -0.462 e. The molecule has 0 aliphatic heterocycles. The molecule has 6 nitrogen and oxygen atoms in total. The second-order valence-corrected chi connectivity index (χ2v) is 23.1. The van der Waals surface area contributed by atoms with Crippen LogP contribution in [0.25, 0.3) is 0 Å². The highest BCUT2D eigenvalue weighted by Gasteiger charge is 2.19. The lowest BCUT2D eigenvalue weighted by Gasteiger charge is -2.18. The highest BCUT2D eigenvalue weighted by Crippen LogP contribution is 2.18. The number of hydrogen-bond acceptors (Lipinski definition) is 6. The summed E-state index contributed by atoms with van der Waals surface area (Å²) in [6.07, 6.45) is 85.4. The Hall–Kier alpha value is -2.89. The van der Waals surface area contributed by atoms with E-state index in [-0.39, 0.29) is 31.1 Å². The fraction of sp³-hybridized carbons (Fsp3) is 0.819. The Balaban J connectivity index is 4.19. The van der Waals surface area contributed by atoms with Gasteiger partial charge in [0.2, 0.25) is 0 Å². The molecule has 0 aliphatic carbocycles. The minimum atomic E-state index is -0.785. The van der Waals surface area contributed by atoms with E-state index in [0.717, 1.165) is 103 Å². The number of hydrogen-bond donors (Lipinski definition) is 0. The van der Waals surface area contributed by atoms with Gasteiger partial charge in [-0.1, -0.05) is 319 Å². The van der Waals surface area contributed by atoms with Gasteiger partial charge in [-0.25, -0.2) is 0 Å². The van der Waals surface area contributed by atoms with Gasteiger partial charge in [-0.05, 0) is 83.5 Å². The Kier molecular flexibility index (Phi) is 64.2. The second-order valence-electron chi connectivity index (χ2n) is 23.1. The summed E-state index contributed by atoms with van der Waals surface area (Å²) < 4.78 is 16.9. The average molecular weight is 1090 g/mol. The minimum absolute atomic E-state index is 0.0796. The van der Waals surface area contributed by atoms with Crippen LogP contribution in [-0.2, 0) is 28.6 Å². The zero-order chi connectivity index (χ0) is 56.4. The lowest BCUT2D eigenvalue weighted by Crippen LogP contribution is -2.30. The number of ether oxygens (including phenoxy) is 3. The van der Waals surface area contributed by atoms with Crippen molar-refractivity contribution in [3.8, 4) is 0 Å². The van der Waals surface area contributed by atoms with Gasteiger partial charge in [0.05, 0.1) is 0 Å². The van der Waals surface area contributed by atoms with Crippen LogP contribution in [0.2, 0.25) is 0 Å². The standard InChI is InChI=1S/C72H130O6/c1-4-7-10-13-16-19-22-25-27-29-31-32-33-34-35-36-37-38-39-40-42-43-45-47-50-53-56-59-62-65-71(74)77-68-69(67-76-70(73)64-61-58-55-52-49-24-21-18-15-12-9-6-3)78-72(75)66-63-60-57-54-51-48-46-44-41-30-28-26-23-20-17-14-11-8-5-2/h8,11,17-18,20-21,26,28,41,44,69H,4-7,9-10,12-16,19,22-25,27,29-40,42-43,45-68H2,1-3H3/b11-8-,20-17-,21-18-,28-26-,44-41-. The van der Waals surface area contributed by atoms with Gasteiger partial charge < -0.3 is 14.2 Å². The third kappa shape index (κ3) is 63.9. The number of esters is 3. The summed E-state index contributed by atoms with van der Waals surface area (Å²) in [6.45, 7) is 6.54. The van der Waals surface area contributed by atoms with Crippen molar-refractivity contribution in [2.75, 3.05) is 13.2 Å². The third-order valence-electron chi connectivity index (χ3n) is 15.3. The Bertz CT molecular complexity index is 1390. The first-order chi connectivity index (χ1) is 38.5. The molecule has 0 aromatic heterocycles. The summed E-state index contributed by atoms with van der Waals surface area (Å²) in [5.41, 5.74) is 0. The normalized spacial score (nSPS) is 12.4. The molecule has 0 heterocycles. The van der Waals surface area contributed by atoms with Crippen molar-refractivity contribution in [1.82, 2.24) is 0 Å². The maximum absolute atomic E-state index is 12.9.